The Bertz CT molecular complexity index is 1870. The molecule has 0 saturated heterocycles. The van der Waals surface area contributed by atoms with Crippen molar-refractivity contribution >= 4 is 16.8 Å². The molecule has 13 heteroatoms. The maximum atomic E-state index is 13.8. The zero-order valence-electron chi connectivity index (χ0n) is 29.0. The molecule has 3 aromatic heterocycles. The first-order chi connectivity index (χ1) is 24.3. The summed E-state index contributed by atoms with van der Waals surface area (Å²) in [5, 5.41) is 11.5. The van der Waals surface area contributed by atoms with E-state index in [9.17, 15) is 14.7 Å². The largest absolute Gasteiger partial charge is 0.506 e. The van der Waals surface area contributed by atoms with Crippen LogP contribution < -0.4 is 11.3 Å². The molecule has 266 valence electrons. The third kappa shape index (κ3) is 8.66. The monoisotopic (exact) mass is 685 g/mol. The van der Waals surface area contributed by atoms with E-state index in [-0.39, 0.29) is 11.8 Å². The summed E-state index contributed by atoms with van der Waals surface area (Å²) in [5.41, 5.74) is 6.78. The lowest BCUT2D eigenvalue weighted by Gasteiger charge is -2.27. The maximum Gasteiger partial charge on any atom is 0.268 e. The minimum absolute atomic E-state index is 0.0607. The van der Waals surface area contributed by atoms with Gasteiger partial charge in [-0.1, -0.05) is 49.4 Å². The summed E-state index contributed by atoms with van der Waals surface area (Å²) in [6.07, 6.45) is 8.35. The van der Waals surface area contributed by atoms with Gasteiger partial charge in [0, 0.05) is 50.4 Å². The van der Waals surface area contributed by atoms with Crippen LogP contribution in [0.2, 0.25) is 0 Å². The SMILES string of the molecule is CCc1cccc2c1c(O)c(C(N)=O)c(=O)n2C(CCOCCOCCOCCN(Cc1nccn1C)C(C)c1ncc[nH]1)c1ccccc1. The molecule has 5 rings (SSSR count). The molecule has 2 aromatic carbocycles. The van der Waals surface area contributed by atoms with Crippen LogP contribution in [0, 0.1) is 0 Å². The minimum atomic E-state index is -0.969. The first kappa shape index (κ1) is 36.5. The molecule has 3 heterocycles. The number of ether oxygens (including phenoxy) is 3. The van der Waals surface area contributed by atoms with Crippen molar-refractivity contribution in [1.29, 1.82) is 0 Å². The molecular formula is C37H47N7O6. The van der Waals surface area contributed by atoms with Gasteiger partial charge in [0.2, 0.25) is 0 Å². The van der Waals surface area contributed by atoms with E-state index in [0.717, 1.165) is 22.8 Å². The number of pyridine rings is 1. The molecule has 0 fully saturated rings. The van der Waals surface area contributed by atoms with Crippen molar-refractivity contribution < 1.29 is 24.1 Å². The molecule has 2 atom stereocenters. The van der Waals surface area contributed by atoms with Crippen molar-refractivity contribution in [3.8, 4) is 5.75 Å². The zero-order valence-corrected chi connectivity index (χ0v) is 29.0. The number of aryl methyl sites for hydroxylation is 2. The van der Waals surface area contributed by atoms with Gasteiger partial charge < -0.3 is 34.6 Å². The number of primary amides is 1. The van der Waals surface area contributed by atoms with Crippen molar-refractivity contribution in [3.63, 3.8) is 0 Å². The van der Waals surface area contributed by atoms with Gasteiger partial charge >= 0.3 is 0 Å². The van der Waals surface area contributed by atoms with Crippen LogP contribution in [0.5, 0.6) is 5.75 Å². The van der Waals surface area contributed by atoms with Crippen LogP contribution in [0.3, 0.4) is 0 Å². The number of fused-ring (bicyclic) bond motifs is 1. The Balaban J connectivity index is 1.12. The number of rotatable bonds is 20. The predicted octanol–water partition coefficient (Wildman–Crippen LogP) is 4.12. The summed E-state index contributed by atoms with van der Waals surface area (Å²) >= 11 is 0. The Morgan fingerprint density at radius 1 is 0.980 bits per heavy atom. The van der Waals surface area contributed by atoms with E-state index >= 15 is 0 Å². The van der Waals surface area contributed by atoms with E-state index in [1.54, 1.807) is 23.0 Å². The predicted molar refractivity (Wildman–Crippen MR) is 190 cm³/mol. The van der Waals surface area contributed by atoms with Crippen molar-refractivity contribution in [2.24, 2.45) is 12.8 Å². The summed E-state index contributed by atoms with van der Waals surface area (Å²) in [5.74, 6) is 0.512. The number of imidazole rings is 2. The number of nitrogens with one attached hydrogen (secondary N) is 1. The van der Waals surface area contributed by atoms with Gasteiger partial charge in [0.15, 0.2) is 0 Å². The van der Waals surface area contributed by atoms with Gasteiger partial charge in [0.1, 0.15) is 23.0 Å². The zero-order chi connectivity index (χ0) is 35.5. The number of benzene rings is 2. The molecule has 50 heavy (non-hydrogen) atoms. The molecular weight excluding hydrogens is 638 g/mol. The fraction of sp³-hybridized carbons (Fsp3) is 0.405. The van der Waals surface area contributed by atoms with E-state index in [2.05, 4.69) is 26.8 Å². The average Bonchev–Trinajstić information content (AvgIpc) is 3.81. The number of carbonyl (C=O) groups is 1. The fourth-order valence-electron chi connectivity index (χ4n) is 6.20. The highest BCUT2D eigenvalue weighted by atomic mass is 16.5. The van der Waals surface area contributed by atoms with E-state index in [0.29, 0.717) is 76.5 Å². The van der Waals surface area contributed by atoms with E-state index in [4.69, 9.17) is 19.9 Å². The van der Waals surface area contributed by atoms with Gasteiger partial charge in [-0.3, -0.25) is 19.1 Å². The lowest BCUT2D eigenvalue weighted by Crippen LogP contribution is -2.33. The fourth-order valence-corrected chi connectivity index (χ4v) is 6.20. The number of carbonyl (C=O) groups excluding carboxylic acids is 1. The number of hydrogen-bond donors (Lipinski definition) is 3. The number of H-pyrrole nitrogens is 1. The lowest BCUT2D eigenvalue weighted by atomic mass is 9.98. The Morgan fingerprint density at radius 2 is 1.70 bits per heavy atom. The van der Waals surface area contributed by atoms with Gasteiger partial charge in [-0.15, -0.1) is 0 Å². The van der Waals surface area contributed by atoms with Crippen LogP contribution >= 0.6 is 0 Å². The quantitative estimate of drug-likeness (QED) is 0.102. The molecule has 13 nitrogen and oxygen atoms in total. The van der Waals surface area contributed by atoms with Crippen molar-refractivity contribution in [1.82, 2.24) is 29.0 Å². The van der Waals surface area contributed by atoms with Gasteiger partial charge in [-0.25, -0.2) is 9.97 Å². The average molecular weight is 686 g/mol. The molecule has 4 N–H and O–H groups in total. The van der Waals surface area contributed by atoms with E-state index in [1.807, 2.05) is 73.4 Å². The summed E-state index contributed by atoms with van der Waals surface area (Å²) in [6, 6.07) is 14.7. The molecule has 0 spiro atoms. The number of nitrogens with zero attached hydrogens (tertiary/aromatic N) is 5. The van der Waals surface area contributed by atoms with Crippen LogP contribution in [0.1, 0.15) is 65.5 Å². The van der Waals surface area contributed by atoms with Crippen molar-refractivity contribution in [2.75, 3.05) is 46.2 Å². The highest BCUT2D eigenvalue weighted by Crippen LogP contribution is 2.33. The molecule has 0 aliphatic rings. The molecule has 1 amide bonds. The van der Waals surface area contributed by atoms with Crippen LogP contribution in [0.25, 0.3) is 10.9 Å². The number of nitrogens with two attached hydrogens (primary N) is 1. The summed E-state index contributed by atoms with van der Waals surface area (Å²) in [7, 11) is 1.98. The normalized spacial score (nSPS) is 12.9. The van der Waals surface area contributed by atoms with Gasteiger partial charge in [-0.05, 0) is 37.0 Å². The molecule has 0 aliphatic carbocycles. The van der Waals surface area contributed by atoms with Crippen LogP contribution in [0.4, 0.5) is 0 Å². The first-order valence-electron chi connectivity index (χ1n) is 17.0. The Hall–Kier alpha value is -4.82. The van der Waals surface area contributed by atoms with Crippen LogP contribution in [-0.4, -0.2) is 86.2 Å². The molecule has 5 aromatic rings. The summed E-state index contributed by atoms with van der Waals surface area (Å²) in [6.45, 7) is 7.88. The van der Waals surface area contributed by atoms with Gasteiger partial charge in [-0.2, -0.15) is 0 Å². The molecule has 0 saturated carbocycles. The smallest absolute Gasteiger partial charge is 0.268 e. The maximum absolute atomic E-state index is 13.8. The Morgan fingerprint density at radius 3 is 2.34 bits per heavy atom. The molecule has 0 aliphatic heterocycles. The summed E-state index contributed by atoms with van der Waals surface area (Å²) < 4.78 is 21.2. The second kappa shape index (κ2) is 17.7. The lowest BCUT2D eigenvalue weighted by molar-refractivity contribution is 0.00647. The highest BCUT2D eigenvalue weighted by Gasteiger charge is 2.26. The van der Waals surface area contributed by atoms with Crippen molar-refractivity contribution in [2.45, 2.75) is 45.3 Å². The minimum Gasteiger partial charge on any atom is -0.506 e. The Labute approximate surface area is 291 Å². The van der Waals surface area contributed by atoms with Crippen molar-refractivity contribution in [3.05, 3.63) is 112 Å². The molecule has 0 bridgehead atoms. The standard InChI is InChI=1S/C37H47N7O6/c1-4-27-11-8-12-30-32(27)34(45)33(35(38)46)37(47)44(30)29(28-9-6-5-7-10-28)13-19-48-21-23-50-24-22-49-20-18-43(25-31-39-16-17-42(31)3)26(2)36-40-14-15-41-36/h5-12,14-17,26,29,45H,4,13,18-25H2,1-3H3,(H2,38,46)(H,40,41). The van der Waals surface area contributed by atoms with Crippen LogP contribution in [-0.2, 0) is 34.2 Å². The van der Waals surface area contributed by atoms with E-state index in [1.165, 1.54) is 0 Å². The topological polar surface area (TPSA) is 163 Å². The number of amides is 1. The van der Waals surface area contributed by atoms with Gasteiger partial charge in [0.05, 0.1) is 57.2 Å². The van der Waals surface area contributed by atoms with E-state index < -0.39 is 23.1 Å². The Kier molecular flexibility index (Phi) is 12.9. The number of aromatic nitrogens is 5. The molecule has 2 unspecified atom stereocenters. The summed E-state index contributed by atoms with van der Waals surface area (Å²) in [4.78, 5) is 40.5. The number of hydrogen-bond acceptors (Lipinski definition) is 9. The van der Waals surface area contributed by atoms with Gasteiger partial charge in [0.25, 0.3) is 11.5 Å². The second-order valence-corrected chi connectivity index (χ2v) is 12.1. The third-order valence-corrected chi connectivity index (χ3v) is 8.95. The third-order valence-electron chi connectivity index (χ3n) is 8.95. The highest BCUT2D eigenvalue weighted by molar-refractivity contribution is 6.02. The number of aromatic amines is 1. The second-order valence-electron chi connectivity index (χ2n) is 12.1. The number of aromatic hydroxyl groups is 1. The molecule has 0 radical (unpaired) electrons. The first-order valence-corrected chi connectivity index (χ1v) is 17.0. The van der Waals surface area contributed by atoms with Crippen LogP contribution in [0.15, 0.2) is 78.1 Å².